The molecule has 7 heteroatoms. The van der Waals surface area contributed by atoms with Gasteiger partial charge in [-0.05, 0) is 35.7 Å². The minimum Gasteiger partial charge on any atom is -0.493 e. The van der Waals surface area contributed by atoms with E-state index in [2.05, 4.69) is 22.3 Å². The SMILES string of the molecule is CCC(=Nc1ccc(CN2CCSCC2)cc1)C1C(=O)Nc2cc(OC)c(OC)cc21. The summed E-state index contributed by atoms with van der Waals surface area (Å²) >= 11 is 2.03. The second-order valence-electron chi connectivity index (χ2n) is 7.73. The van der Waals surface area contributed by atoms with E-state index in [1.807, 2.05) is 43.0 Å². The fourth-order valence-electron chi connectivity index (χ4n) is 4.13. The molecule has 2 aliphatic rings. The van der Waals surface area contributed by atoms with E-state index in [9.17, 15) is 4.79 Å². The van der Waals surface area contributed by atoms with E-state index < -0.39 is 5.92 Å². The molecular weight excluding hydrogens is 410 g/mol. The first-order chi connectivity index (χ1) is 15.1. The number of carbonyl (C=O) groups is 1. The number of hydrogen-bond acceptors (Lipinski definition) is 6. The van der Waals surface area contributed by atoms with Crippen molar-refractivity contribution in [3.05, 3.63) is 47.5 Å². The normalized spacial score (nSPS) is 19.1. The monoisotopic (exact) mass is 439 g/mol. The van der Waals surface area contributed by atoms with E-state index in [4.69, 9.17) is 14.5 Å². The third-order valence-electron chi connectivity index (χ3n) is 5.80. The summed E-state index contributed by atoms with van der Waals surface area (Å²) in [5, 5.41) is 2.97. The number of benzene rings is 2. The highest BCUT2D eigenvalue weighted by molar-refractivity contribution is 7.99. The van der Waals surface area contributed by atoms with Gasteiger partial charge in [0.2, 0.25) is 5.91 Å². The molecule has 0 saturated carbocycles. The first-order valence-corrected chi connectivity index (χ1v) is 11.8. The molecule has 2 aromatic carbocycles. The summed E-state index contributed by atoms with van der Waals surface area (Å²) in [6, 6.07) is 12.1. The van der Waals surface area contributed by atoms with Crippen molar-refractivity contribution in [2.24, 2.45) is 4.99 Å². The molecule has 0 aromatic heterocycles. The van der Waals surface area contributed by atoms with Crippen LogP contribution in [0, 0.1) is 0 Å². The molecule has 2 aliphatic heterocycles. The molecule has 2 aromatic rings. The lowest BCUT2D eigenvalue weighted by molar-refractivity contribution is -0.115. The zero-order chi connectivity index (χ0) is 21.8. The molecule has 164 valence electrons. The van der Waals surface area contributed by atoms with E-state index in [0.29, 0.717) is 17.9 Å². The lowest BCUT2D eigenvalue weighted by Crippen LogP contribution is -2.31. The molecule has 1 fully saturated rings. The molecule has 0 aliphatic carbocycles. The topological polar surface area (TPSA) is 63.2 Å². The summed E-state index contributed by atoms with van der Waals surface area (Å²) in [6.07, 6.45) is 0.680. The summed E-state index contributed by atoms with van der Waals surface area (Å²) < 4.78 is 10.8. The number of amides is 1. The molecule has 1 amide bonds. The zero-order valence-corrected chi connectivity index (χ0v) is 19.1. The Morgan fingerprint density at radius 2 is 1.81 bits per heavy atom. The maximum absolute atomic E-state index is 12.8. The summed E-state index contributed by atoms with van der Waals surface area (Å²) in [7, 11) is 3.19. The molecule has 4 rings (SSSR count). The number of methoxy groups -OCH3 is 2. The van der Waals surface area contributed by atoms with Crippen LogP contribution in [-0.2, 0) is 11.3 Å². The number of carbonyl (C=O) groups excluding carboxylic acids is 1. The van der Waals surface area contributed by atoms with Gasteiger partial charge in [0, 0.05) is 48.6 Å². The van der Waals surface area contributed by atoms with Crippen molar-refractivity contribution in [2.75, 3.05) is 44.1 Å². The Balaban J connectivity index is 1.57. The number of ether oxygens (including phenoxy) is 2. The number of rotatable bonds is 7. The first kappa shape index (κ1) is 21.7. The molecule has 6 nitrogen and oxygen atoms in total. The van der Waals surface area contributed by atoms with Crippen LogP contribution in [0.1, 0.15) is 30.4 Å². The number of aliphatic imine (C=N–C) groups is 1. The van der Waals surface area contributed by atoms with Gasteiger partial charge in [-0.15, -0.1) is 0 Å². The van der Waals surface area contributed by atoms with Gasteiger partial charge in [0.15, 0.2) is 11.5 Å². The summed E-state index contributed by atoms with van der Waals surface area (Å²) in [6.45, 7) is 5.31. The van der Waals surface area contributed by atoms with E-state index in [1.165, 1.54) is 17.1 Å². The summed E-state index contributed by atoms with van der Waals surface area (Å²) in [5.74, 6) is 3.14. The van der Waals surface area contributed by atoms with E-state index in [-0.39, 0.29) is 5.91 Å². The second kappa shape index (κ2) is 9.75. The number of fused-ring (bicyclic) bond motifs is 1. The molecule has 0 radical (unpaired) electrons. The van der Waals surface area contributed by atoms with Crippen molar-refractivity contribution in [3.8, 4) is 11.5 Å². The lowest BCUT2D eigenvalue weighted by atomic mass is 9.93. The largest absolute Gasteiger partial charge is 0.493 e. The zero-order valence-electron chi connectivity index (χ0n) is 18.3. The molecule has 0 spiro atoms. The Bertz CT molecular complexity index is 969. The molecular formula is C24H29N3O3S. The van der Waals surface area contributed by atoms with E-state index in [0.717, 1.165) is 42.3 Å². The first-order valence-electron chi connectivity index (χ1n) is 10.7. The van der Waals surface area contributed by atoms with Crippen LogP contribution < -0.4 is 14.8 Å². The van der Waals surface area contributed by atoms with Crippen molar-refractivity contribution >= 4 is 34.8 Å². The van der Waals surface area contributed by atoms with Crippen LogP contribution in [0.3, 0.4) is 0 Å². The number of nitrogens with zero attached hydrogens (tertiary/aromatic N) is 2. The molecule has 1 N–H and O–H groups in total. The molecule has 1 unspecified atom stereocenters. The van der Waals surface area contributed by atoms with Gasteiger partial charge in [-0.1, -0.05) is 19.1 Å². The highest BCUT2D eigenvalue weighted by Crippen LogP contribution is 2.42. The maximum atomic E-state index is 12.8. The predicted molar refractivity (Wildman–Crippen MR) is 127 cm³/mol. The van der Waals surface area contributed by atoms with Gasteiger partial charge < -0.3 is 14.8 Å². The smallest absolute Gasteiger partial charge is 0.237 e. The predicted octanol–water partition coefficient (Wildman–Crippen LogP) is 4.47. The lowest BCUT2D eigenvalue weighted by Gasteiger charge is -2.26. The van der Waals surface area contributed by atoms with Gasteiger partial charge in [0.1, 0.15) is 5.92 Å². The number of thioether (sulfide) groups is 1. The average molecular weight is 440 g/mol. The minimum absolute atomic E-state index is 0.0644. The quantitative estimate of drug-likeness (QED) is 0.645. The van der Waals surface area contributed by atoms with Crippen molar-refractivity contribution in [2.45, 2.75) is 25.8 Å². The summed E-state index contributed by atoms with van der Waals surface area (Å²) in [4.78, 5) is 20.2. The fraction of sp³-hybridized carbons (Fsp3) is 0.417. The van der Waals surface area contributed by atoms with Crippen LogP contribution in [0.15, 0.2) is 41.4 Å². The Morgan fingerprint density at radius 3 is 2.45 bits per heavy atom. The highest BCUT2D eigenvalue weighted by atomic mass is 32.2. The average Bonchev–Trinajstić information content (AvgIpc) is 3.12. The molecule has 31 heavy (non-hydrogen) atoms. The van der Waals surface area contributed by atoms with E-state index in [1.54, 1.807) is 14.2 Å². The number of nitrogens with one attached hydrogen (secondary N) is 1. The Hall–Kier alpha value is -2.51. The third-order valence-corrected chi connectivity index (χ3v) is 6.74. The molecule has 1 saturated heterocycles. The molecule has 0 bridgehead atoms. The van der Waals surface area contributed by atoms with Crippen molar-refractivity contribution in [1.29, 1.82) is 0 Å². The highest BCUT2D eigenvalue weighted by Gasteiger charge is 2.35. The standard InChI is InChI=1S/C24H29N3O3S/c1-4-19(23-18-13-21(29-2)22(30-3)14-20(18)26-24(23)28)25-17-7-5-16(6-8-17)15-27-9-11-31-12-10-27/h5-8,13-14,23H,4,9-12,15H2,1-3H3,(H,26,28). The van der Waals surface area contributed by atoms with Crippen molar-refractivity contribution in [1.82, 2.24) is 4.90 Å². The van der Waals surface area contributed by atoms with Crippen LogP contribution in [0.25, 0.3) is 0 Å². The van der Waals surface area contributed by atoms with Crippen LogP contribution >= 0.6 is 11.8 Å². The van der Waals surface area contributed by atoms with Gasteiger partial charge in [0.05, 0.1) is 19.9 Å². The molecule has 1 atom stereocenters. The van der Waals surface area contributed by atoms with Crippen LogP contribution in [0.5, 0.6) is 11.5 Å². The van der Waals surface area contributed by atoms with Crippen molar-refractivity contribution < 1.29 is 14.3 Å². The van der Waals surface area contributed by atoms with Gasteiger partial charge in [-0.25, -0.2) is 0 Å². The molecule has 2 heterocycles. The minimum atomic E-state index is -0.426. The summed E-state index contributed by atoms with van der Waals surface area (Å²) in [5.41, 5.74) is 4.64. The van der Waals surface area contributed by atoms with Crippen LogP contribution in [0.4, 0.5) is 11.4 Å². The van der Waals surface area contributed by atoms with Gasteiger partial charge in [0.25, 0.3) is 0 Å². The van der Waals surface area contributed by atoms with Gasteiger partial charge in [-0.3, -0.25) is 14.7 Å². The Morgan fingerprint density at radius 1 is 1.13 bits per heavy atom. The third kappa shape index (κ3) is 4.72. The Labute approximate surface area is 188 Å². The van der Waals surface area contributed by atoms with Crippen LogP contribution in [-0.4, -0.2) is 55.3 Å². The number of anilines is 1. The second-order valence-corrected chi connectivity index (χ2v) is 8.95. The Kier molecular flexibility index (Phi) is 6.83. The maximum Gasteiger partial charge on any atom is 0.237 e. The van der Waals surface area contributed by atoms with Gasteiger partial charge >= 0.3 is 0 Å². The van der Waals surface area contributed by atoms with Crippen LogP contribution in [0.2, 0.25) is 0 Å². The van der Waals surface area contributed by atoms with E-state index >= 15 is 0 Å². The number of hydrogen-bond donors (Lipinski definition) is 1. The van der Waals surface area contributed by atoms with Gasteiger partial charge in [-0.2, -0.15) is 11.8 Å². The van der Waals surface area contributed by atoms with Crippen molar-refractivity contribution in [3.63, 3.8) is 0 Å². The fourth-order valence-corrected chi connectivity index (χ4v) is 5.10.